The fourth-order valence-corrected chi connectivity index (χ4v) is 4.30. The normalized spacial score (nSPS) is 12.5. The Kier molecular flexibility index (Phi) is 9.42. The first-order valence-electron chi connectivity index (χ1n) is 12.2. The molecule has 0 bridgehead atoms. The van der Waals surface area contributed by atoms with Crippen LogP contribution in [0.4, 0.5) is 0 Å². The first-order valence-corrected chi connectivity index (χ1v) is 12.2. The third kappa shape index (κ3) is 6.95. The molecule has 196 valence electrons. The molecular formula is C30H30N2O6. The van der Waals surface area contributed by atoms with Crippen LogP contribution in [-0.2, 0) is 14.3 Å². The standard InChI is InChI=1S/C30H30N2O6/c1-36-20-37-19-23(18-28(30(34)32-35)27-13-7-9-21-8-5-6-12-26(21)27)31-29(33)22-14-16-25(17-15-22)38-24-10-3-2-4-11-24/h2-17,23,28,35H,18-20H2,1H3,(H,31,33)(H,32,34)/t23-,28-/m0/s1. The third-order valence-corrected chi connectivity index (χ3v) is 6.10. The van der Waals surface area contributed by atoms with Crippen molar-refractivity contribution in [3.63, 3.8) is 0 Å². The molecule has 0 aromatic heterocycles. The Labute approximate surface area is 221 Å². The third-order valence-electron chi connectivity index (χ3n) is 6.10. The zero-order valence-electron chi connectivity index (χ0n) is 21.0. The van der Waals surface area contributed by atoms with Crippen molar-refractivity contribution in [1.29, 1.82) is 0 Å². The molecule has 0 fully saturated rings. The minimum atomic E-state index is -0.746. The Morgan fingerprint density at radius 3 is 2.26 bits per heavy atom. The summed E-state index contributed by atoms with van der Waals surface area (Å²) in [5, 5.41) is 14.3. The number of hydrogen-bond donors (Lipinski definition) is 3. The number of nitrogens with one attached hydrogen (secondary N) is 2. The van der Waals surface area contributed by atoms with Gasteiger partial charge in [0.25, 0.3) is 11.8 Å². The highest BCUT2D eigenvalue weighted by molar-refractivity contribution is 5.95. The van der Waals surface area contributed by atoms with Gasteiger partial charge in [-0.3, -0.25) is 14.8 Å². The second-order valence-corrected chi connectivity index (χ2v) is 8.72. The number of ether oxygens (including phenoxy) is 3. The van der Waals surface area contributed by atoms with Gasteiger partial charge in [-0.15, -0.1) is 0 Å². The fraction of sp³-hybridized carbons (Fsp3) is 0.200. The predicted molar refractivity (Wildman–Crippen MR) is 143 cm³/mol. The Bertz CT molecular complexity index is 1340. The predicted octanol–water partition coefficient (Wildman–Crippen LogP) is 5.03. The number of carbonyl (C=O) groups excluding carboxylic acids is 2. The summed E-state index contributed by atoms with van der Waals surface area (Å²) < 4.78 is 16.3. The van der Waals surface area contributed by atoms with Crippen molar-refractivity contribution in [2.45, 2.75) is 18.4 Å². The summed E-state index contributed by atoms with van der Waals surface area (Å²) in [4.78, 5) is 26.0. The minimum Gasteiger partial charge on any atom is -0.457 e. The van der Waals surface area contributed by atoms with Crippen LogP contribution in [0.15, 0.2) is 97.1 Å². The highest BCUT2D eigenvalue weighted by Crippen LogP contribution is 2.29. The smallest absolute Gasteiger partial charge is 0.251 e. The van der Waals surface area contributed by atoms with Crippen molar-refractivity contribution in [3.8, 4) is 11.5 Å². The lowest BCUT2D eigenvalue weighted by atomic mass is 9.88. The summed E-state index contributed by atoms with van der Waals surface area (Å²) in [5.74, 6) is -0.354. The molecule has 0 saturated carbocycles. The van der Waals surface area contributed by atoms with Crippen LogP contribution in [0.1, 0.15) is 28.3 Å². The minimum absolute atomic E-state index is 0.0308. The van der Waals surface area contributed by atoms with Crippen LogP contribution in [0.2, 0.25) is 0 Å². The maximum absolute atomic E-state index is 13.1. The van der Waals surface area contributed by atoms with Gasteiger partial charge in [-0.1, -0.05) is 60.7 Å². The fourth-order valence-electron chi connectivity index (χ4n) is 4.30. The molecule has 8 heteroatoms. The van der Waals surface area contributed by atoms with Gasteiger partial charge in [0.1, 0.15) is 18.3 Å². The topological polar surface area (TPSA) is 106 Å². The Hall–Kier alpha value is -4.24. The van der Waals surface area contributed by atoms with Gasteiger partial charge in [0.15, 0.2) is 0 Å². The van der Waals surface area contributed by atoms with Crippen LogP contribution in [0.5, 0.6) is 11.5 Å². The maximum Gasteiger partial charge on any atom is 0.251 e. The number of para-hydroxylation sites is 1. The van der Waals surface area contributed by atoms with Crippen molar-refractivity contribution < 1.29 is 29.0 Å². The average Bonchev–Trinajstić information content (AvgIpc) is 2.96. The summed E-state index contributed by atoms with van der Waals surface area (Å²) in [6, 6.07) is 29.0. The van der Waals surface area contributed by atoms with Crippen LogP contribution in [0.25, 0.3) is 10.8 Å². The number of methoxy groups -OCH3 is 1. The van der Waals surface area contributed by atoms with Crippen LogP contribution in [0, 0.1) is 0 Å². The molecule has 0 unspecified atom stereocenters. The molecule has 0 aliphatic rings. The van der Waals surface area contributed by atoms with Crippen LogP contribution in [0.3, 0.4) is 0 Å². The van der Waals surface area contributed by atoms with E-state index in [0.29, 0.717) is 17.1 Å². The van der Waals surface area contributed by atoms with E-state index in [0.717, 1.165) is 16.3 Å². The van der Waals surface area contributed by atoms with E-state index in [-0.39, 0.29) is 25.7 Å². The van der Waals surface area contributed by atoms with Crippen molar-refractivity contribution in [2.75, 3.05) is 20.5 Å². The Morgan fingerprint density at radius 1 is 0.842 bits per heavy atom. The summed E-state index contributed by atoms with van der Waals surface area (Å²) in [6.45, 7) is 0.137. The lowest BCUT2D eigenvalue weighted by molar-refractivity contribution is -0.131. The molecule has 0 saturated heterocycles. The first kappa shape index (κ1) is 26.8. The number of hydroxylamine groups is 1. The molecule has 2 atom stereocenters. The molecule has 4 aromatic carbocycles. The maximum atomic E-state index is 13.1. The largest absolute Gasteiger partial charge is 0.457 e. The zero-order valence-corrected chi connectivity index (χ0v) is 21.0. The molecular weight excluding hydrogens is 484 g/mol. The van der Waals surface area contributed by atoms with E-state index in [1.807, 2.05) is 72.8 Å². The van der Waals surface area contributed by atoms with Crippen LogP contribution < -0.4 is 15.5 Å². The lowest BCUT2D eigenvalue weighted by Gasteiger charge is -2.24. The van der Waals surface area contributed by atoms with E-state index in [9.17, 15) is 14.8 Å². The van der Waals surface area contributed by atoms with E-state index < -0.39 is 17.9 Å². The van der Waals surface area contributed by atoms with Crippen LogP contribution in [-0.4, -0.2) is 43.6 Å². The van der Waals surface area contributed by atoms with Crippen LogP contribution >= 0.6 is 0 Å². The monoisotopic (exact) mass is 514 g/mol. The molecule has 4 rings (SSSR count). The molecule has 4 aromatic rings. The Morgan fingerprint density at radius 2 is 1.53 bits per heavy atom. The summed E-state index contributed by atoms with van der Waals surface area (Å²) in [7, 11) is 1.50. The SMILES string of the molecule is COCOC[C@H](C[C@H](C(=O)NO)c1cccc2ccccc12)NC(=O)c1ccc(Oc2ccccc2)cc1. The van der Waals surface area contributed by atoms with Crippen molar-refractivity contribution in [3.05, 3.63) is 108 Å². The summed E-state index contributed by atoms with van der Waals surface area (Å²) in [6.07, 6.45) is 0.186. The van der Waals surface area contributed by atoms with Gasteiger partial charge in [0, 0.05) is 12.7 Å². The highest BCUT2D eigenvalue weighted by atomic mass is 16.7. The number of amides is 2. The van der Waals surface area contributed by atoms with E-state index in [2.05, 4.69) is 5.32 Å². The van der Waals surface area contributed by atoms with Gasteiger partial charge in [0.05, 0.1) is 18.6 Å². The molecule has 3 N–H and O–H groups in total. The van der Waals surface area contributed by atoms with Gasteiger partial charge in [-0.2, -0.15) is 0 Å². The molecule has 0 heterocycles. The second kappa shape index (κ2) is 13.3. The number of carbonyl (C=O) groups is 2. The Balaban J connectivity index is 1.52. The molecule has 2 amide bonds. The van der Waals surface area contributed by atoms with Gasteiger partial charge in [0.2, 0.25) is 0 Å². The zero-order chi connectivity index (χ0) is 26.7. The lowest BCUT2D eigenvalue weighted by Crippen LogP contribution is -2.41. The van der Waals surface area contributed by atoms with Crippen molar-refractivity contribution >= 4 is 22.6 Å². The van der Waals surface area contributed by atoms with E-state index in [1.165, 1.54) is 7.11 Å². The van der Waals surface area contributed by atoms with Gasteiger partial charge < -0.3 is 19.5 Å². The van der Waals surface area contributed by atoms with E-state index >= 15 is 0 Å². The van der Waals surface area contributed by atoms with E-state index in [1.54, 1.807) is 29.7 Å². The number of rotatable bonds is 12. The first-order chi connectivity index (χ1) is 18.6. The van der Waals surface area contributed by atoms with Crippen molar-refractivity contribution in [1.82, 2.24) is 10.8 Å². The number of fused-ring (bicyclic) bond motifs is 1. The number of benzene rings is 4. The second-order valence-electron chi connectivity index (χ2n) is 8.72. The molecule has 0 aliphatic heterocycles. The number of hydrogen-bond acceptors (Lipinski definition) is 6. The van der Waals surface area contributed by atoms with E-state index in [4.69, 9.17) is 14.2 Å². The summed E-state index contributed by atoms with van der Waals surface area (Å²) >= 11 is 0. The molecule has 0 radical (unpaired) electrons. The molecule has 38 heavy (non-hydrogen) atoms. The molecule has 0 aliphatic carbocycles. The molecule has 8 nitrogen and oxygen atoms in total. The van der Waals surface area contributed by atoms with Gasteiger partial charge in [-0.25, -0.2) is 5.48 Å². The highest BCUT2D eigenvalue weighted by Gasteiger charge is 2.27. The van der Waals surface area contributed by atoms with Gasteiger partial charge in [-0.05, 0) is 59.2 Å². The van der Waals surface area contributed by atoms with Crippen molar-refractivity contribution in [2.24, 2.45) is 0 Å². The quantitative estimate of drug-likeness (QED) is 0.106. The van der Waals surface area contributed by atoms with Gasteiger partial charge >= 0.3 is 0 Å². The molecule has 0 spiro atoms. The average molecular weight is 515 g/mol. The summed E-state index contributed by atoms with van der Waals surface area (Å²) in [5.41, 5.74) is 2.95.